The van der Waals surface area contributed by atoms with E-state index in [1.807, 2.05) is 0 Å². The van der Waals surface area contributed by atoms with E-state index in [0.717, 1.165) is 23.7 Å². The fraction of sp³-hybridized carbons (Fsp3) is 0.750. The highest BCUT2D eigenvalue weighted by Crippen LogP contribution is 2.60. The molecule has 0 heteroatoms. The van der Waals surface area contributed by atoms with Crippen LogP contribution in [0.3, 0.4) is 0 Å². The van der Waals surface area contributed by atoms with Crippen LogP contribution in [0.4, 0.5) is 0 Å². The molecule has 3 saturated carbocycles. The first kappa shape index (κ1) is 6.97. The SMILES string of the molecule is C=C=C1CC2CC1C1CCCC21. The summed E-state index contributed by atoms with van der Waals surface area (Å²) in [7, 11) is 0. The molecule has 0 heterocycles. The summed E-state index contributed by atoms with van der Waals surface area (Å²) in [6.07, 6.45) is 7.34. The molecule has 0 radical (unpaired) electrons. The van der Waals surface area contributed by atoms with E-state index >= 15 is 0 Å². The van der Waals surface area contributed by atoms with E-state index < -0.39 is 0 Å². The fourth-order valence-electron chi connectivity index (χ4n) is 4.05. The molecule has 0 N–H and O–H groups in total. The summed E-state index contributed by atoms with van der Waals surface area (Å²) >= 11 is 0. The summed E-state index contributed by atoms with van der Waals surface area (Å²) < 4.78 is 0. The van der Waals surface area contributed by atoms with Gasteiger partial charge in [-0.1, -0.05) is 13.0 Å². The van der Waals surface area contributed by atoms with Crippen LogP contribution in [0.2, 0.25) is 0 Å². The van der Waals surface area contributed by atoms with Gasteiger partial charge in [-0.3, -0.25) is 0 Å². The molecule has 12 heavy (non-hydrogen) atoms. The molecule has 0 amide bonds. The normalized spacial score (nSPS) is 49.5. The Morgan fingerprint density at radius 2 is 2.08 bits per heavy atom. The van der Waals surface area contributed by atoms with Crippen molar-refractivity contribution in [3.8, 4) is 0 Å². The highest BCUT2D eigenvalue weighted by atomic mass is 14.6. The lowest BCUT2D eigenvalue weighted by Crippen LogP contribution is -2.17. The first-order valence-electron chi connectivity index (χ1n) is 5.29. The van der Waals surface area contributed by atoms with Crippen molar-refractivity contribution in [2.75, 3.05) is 0 Å². The minimum Gasteiger partial charge on any atom is -0.129 e. The largest absolute Gasteiger partial charge is 0.129 e. The quantitative estimate of drug-likeness (QED) is 0.477. The lowest BCUT2D eigenvalue weighted by molar-refractivity contribution is 0.305. The Balaban J connectivity index is 1.97. The second-order valence-corrected chi connectivity index (χ2v) is 4.77. The molecule has 64 valence electrons. The molecule has 0 nitrogen and oxygen atoms in total. The summed E-state index contributed by atoms with van der Waals surface area (Å²) in [5.74, 6) is 4.10. The number of allylic oxidation sites excluding steroid dienone is 1. The third-order valence-corrected chi connectivity index (χ3v) is 4.46. The number of rotatable bonds is 0. The average molecular weight is 160 g/mol. The minimum atomic E-state index is 0.917. The van der Waals surface area contributed by atoms with Gasteiger partial charge in [0.15, 0.2) is 0 Å². The van der Waals surface area contributed by atoms with Gasteiger partial charge in [-0.25, -0.2) is 0 Å². The van der Waals surface area contributed by atoms with Crippen LogP contribution in [0.1, 0.15) is 32.1 Å². The van der Waals surface area contributed by atoms with Crippen LogP contribution in [0.25, 0.3) is 0 Å². The Hall–Kier alpha value is -0.480. The van der Waals surface area contributed by atoms with Crippen LogP contribution in [0, 0.1) is 23.7 Å². The molecule has 4 atom stereocenters. The van der Waals surface area contributed by atoms with Crippen LogP contribution in [-0.4, -0.2) is 0 Å². The first-order chi connectivity index (χ1) is 5.90. The van der Waals surface area contributed by atoms with Crippen molar-refractivity contribution >= 4 is 0 Å². The summed E-state index contributed by atoms with van der Waals surface area (Å²) in [5.41, 5.74) is 4.75. The summed E-state index contributed by atoms with van der Waals surface area (Å²) in [6.45, 7) is 3.81. The molecular weight excluding hydrogens is 144 g/mol. The van der Waals surface area contributed by atoms with E-state index in [0.29, 0.717) is 0 Å². The summed E-state index contributed by atoms with van der Waals surface area (Å²) in [4.78, 5) is 0. The zero-order chi connectivity index (χ0) is 8.13. The van der Waals surface area contributed by atoms with E-state index in [1.165, 1.54) is 32.1 Å². The van der Waals surface area contributed by atoms with Gasteiger partial charge in [0, 0.05) is 0 Å². The molecule has 0 saturated heterocycles. The maximum atomic E-state index is 3.81. The smallest absolute Gasteiger partial charge is 0.00933 e. The number of fused-ring (bicyclic) bond motifs is 5. The molecule has 0 aliphatic heterocycles. The predicted octanol–water partition coefficient (Wildman–Crippen LogP) is 3.15. The molecule has 3 aliphatic rings. The van der Waals surface area contributed by atoms with E-state index in [9.17, 15) is 0 Å². The highest BCUT2D eigenvalue weighted by Gasteiger charge is 2.51. The molecule has 2 bridgehead atoms. The van der Waals surface area contributed by atoms with Gasteiger partial charge in [0.25, 0.3) is 0 Å². The van der Waals surface area contributed by atoms with Gasteiger partial charge in [0.05, 0.1) is 0 Å². The maximum Gasteiger partial charge on any atom is -0.00933 e. The zero-order valence-corrected chi connectivity index (χ0v) is 7.55. The molecule has 3 fully saturated rings. The van der Waals surface area contributed by atoms with Gasteiger partial charge >= 0.3 is 0 Å². The molecule has 0 aromatic heterocycles. The van der Waals surface area contributed by atoms with Crippen molar-refractivity contribution in [1.29, 1.82) is 0 Å². The molecule has 0 aromatic carbocycles. The van der Waals surface area contributed by atoms with E-state index in [-0.39, 0.29) is 0 Å². The Labute approximate surface area is 74.4 Å². The van der Waals surface area contributed by atoms with Crippen molar-refractivity contribution < 1.29 is 0 Å². The topological polar surface area (TPSA) is 0 Å². The Bertz CT molecular complexity index is 257. The van der Waals surface area contributed by atoms with Gasteiger partial charge in [0.1, 0.15) is 0 Å². The van der Waals surface area contributed by atoms with Crippen LogP contribution < -0.4 is 0 Å². The van der Waals surface area contributed by atoms with Gasteiger partial charge in [-0.15, -0.1) is 5.73 Å². The standard InChI is InChI=1S/C12H16/c1-2-8-6-9-7-12(8)11-5-3-4-10(9)11/h9-12H,1,3-7H2. The third-order valence-electron chi connectivity index (χ3n) is 4.46. The molecule has 0 aromatic rings. The monoisotopic (exact) mass is 160 g/mol. The van der Waals surface area contributed by atoms with Crippen molar-refractivity contribution in [2.24, 2.45) is 23.7 Å². The molecule has 3 aliphatic carbocycles. The van der Waals surface area contributed by atoms with Crippen LogP contribution in [-0.2, 0) is 0 Å². The Morgan fingerprint density at radius 1 is 1.25 bits per heavy atom. The number of hydrogen-bond donors (Lipinski definition) is 0. The van der Waals surface area contributed by atoms with E-state index in [4.69, 9.17) is 0 Å². The van der Waals surface area contributed by atoms with Crippen molar-refractivity contribution in [3.05, 3.63) is 17.9 Å². The van der Waals surface area contributed by atoms with Crippen molar-refractivity contribution in [1.82, 2.24) is 0 Å². The number of hydrogen-bond acceptors (Lipinski definition) is 0. The van der Waals surface area contributed by atoms with Crippen molar-refractivity contribution in [2.45, 2.75) is 32.1 Å². The Morgan fingerprint density at radius 3 is 2.92 bits per heavy atom. The van der Waals surface area contributed by atoms with Gasteiger partial charge in [-0.05, 0) is 54.9 Å². The molecular formula is C12H16. The van der Waals surface area contributed by atoms with Crippen LogP contribution >= 0.6 is 0 Å². The lowest BCUT2D eigenvalue weighted by atomic mass is 9.79. The Kier molecular flexibility index (Phi) is 1.32. The van der Waals surface area contributed by atoms with Crippen LogP contribution in [0.5, 0.6) is 0 Å². The van der Waals surface area contributed by atoms with Gasteiger partial charge in [-0.2, -0.15) is 0 Å². The summed E-state index contributed by atoms with van der Waals surface area (Å²) in [5, 5.41) is 0. The second kappa shape index (κ2) is 2.26. The van der Waals surface area contributed by atoms with Gasteiger partial charge < -0.3 is 0 Å². The zero-order valence-electron chi connectivity index (χ0n) is 7.55. The van der Waals surface area contributed by atoms with Crippen molar-refractivity contribution in [3.63, 3.8) is 0 Å². The highest BCUT2D eigenvalue weighted by molar-refractivity contribution is 5.20. The maximum absolute atomic E-state index is 3.81. The average Bonchev–Trinajstić information content (AvgIpc) is 2.75. The predicted molar refractivity (Wildman–Crippen MR) is 49.7 cm³/mol. The second-order valence-electron chi connectivity index (χ2n) is 4.77. The minimum absolute atomic E-state index is 0.917. The first-order valence-corrected chi connectivity index (χ1v) is 5.29. The molecule has 3 rings (SSSR count). The van der Waals surface area contributed by atoms with Gasteiger partial charge in [0.2, 0.25) is 0 Å². The summed E-state index contributed by atoms with van der Waals surface area (Å²) in [6, 6.07) is 0. The van der Waals surface area contributed by atoms with E-state index in [2.05, 4.69) is 12.3 Å². The van der Waals surface area contributed by atoms with Crippen LogP contribution in [0.15, 0.2) is 17.9 Å². The third kappa shape index (κ3) is 0.696. The lowest BCUT2D eigenvalue weighted by Gasteiger charge is -2.25. The van der Waals surface area contributed by atoms with E-state index in [1.54, 1.807) is 5.57 Å². The molecule has 0 spiro atoms. The fourth-order valence-corrected chi connectivity index (χ4v) is 4.05. The molecule has 4 unspecified atom stereocenters.